The van der Waals surface area contributed by atoms with Gasteiger partial charge in [-0.2, -0.15) is 0 Å². The van der Waals surface area contributed by atoms with E-state index < -0.39 is 0 Å². The number of nitrogens with zero attached hydrogens (tertiary/aromatic N) is 4. The van der Waals surface area contributed by atoms with Crippen molar-refractivity contribution in [1.82, 2.24) is 19.5 Å². The molecule has 0 saturated carbocycles. The molecule has 0 aliphatic carbocycles. The summed E-state index contributed by atoms with van der Waals surface area (Å²) in [5.74, 6) is 2.08. The number of rotatable bonds is 3. The predicted molar refractivity (Wildman–Crippen MR) is 171 cm³/mol. The second-order valence-electron chi connectivity index (χ2n) is 11.7. The smallest absolute Gasteiger partial charge is 0.165 e. The van der Waals surface area contributed by atoms with E-state index in [1.165, 1.54) is 0 Å². The van der Waals surface area contributed by atoms with Gasteiger partial charge in [0.15, 0.2) is 11.6 Å². The monoisotopic (exact) mass is 544 g/mol. The van der Waals surface area contributed by atoms with Crippen LogP contribution < -0.4 is 0 Å². The van der Waals surface area contributed by atoms with Gasteiger partial charge >= 0.3 is 0 Å². The van der Waals surface area contributed by atoms with E-state index in [9.17, 15) is 0 Å². The van der Waals surface area contributed by atoms with Crippen LogP contribution in [0.5, 0.6) is 0 Å². The molecule has 3 aromatic heterocycles. The topological polar surface area (TPSA) is 56.7 Å². The lowest BCUT2D eigenvalue weighted by molar-refractivity contribution is 0.543. The number of aromatic nitrogens is 4. The molecular weight excluding hydrogens is 516 g/mol. The molecule has 3 heterocycles. The highest BCUT2D eigenvalue weighted by Crippen LogP contribution is 2.41. The molecule has 5 nitrogen and oxygen atoms in total. The third kappa shape index (κ3) is 3.74. The first-order valence-corrected chi connectivity index (χ1v) is 14.2. The van der Waals surface area contributed by atoms with Crippen LogP contribution >= 0.6 is 0 Å². The quantitative estimate of drug-likeness (QED) is 0.222. The summed E-state index contributed by atoms with van der Waals surface area (Å²) in [6, 6.07) is 39.6. The Labute approximate surface area is 243 Å². The highest BCUT2D eigenvalue weighted by atomic mass is 16.3. The molecular formula is C37H28N4O. The SMILES string of the molecule is CC(C)(C)c1nc(-c2ccccc2)nc(-c2ccccc2-n2c3ccccc3c3c4oc5ccccc5c4ccc32)n1. The normalized spacial score (nSPS) is 12.2. The third-order valence-corrected chi connectivity index (χ3v) is 7.90. The molecule has 0 aliphatic rings. The minimum Gasteiger partial charge on any atom is -0.455 e. The van der Waals surface area contributed by atoms with Crippen LogP contribution in [-0.2, 0) is 5.41 Å². The Morgan fingerprint density at radius 1 is 0.571 bits per heavy atom. The predicted octanol–water partition coefficient (Wildman–Crippen LogP) is 9.50. The Hall–Kier alpha value is -5.29. The van der Waals surface area contributed by atoms with Crippen molar-refractivity contribution in [2.24, 2.45) is 0 Å². The minimum absolute atomic E-state index is 0.254. The largest absolute Gasteiger partial charge is 0.455 e. The van der Waals surface area contributed by atoms with E-state index in [4.69, 9.17) is 19.4 Å². The van der Waals surface area contributed by atoms with Gasteiger partial charge in [-0.1, -0.05) is 99.6 Å². The van der Waals surface area contributed by atoms with Gasteiger partial charge in [-0.15, -0.1) is 0 Å². The first-order chi connectivity index (χ1) is 20.5. The Kier molecular flexibility index (Phi) is 5.32. The average molecular weight is 545 g/mol. The number of furan rings is 1. The van der Waals surface area contributed by atoms with Crippen molar-refractivity contribution in [2.75, 3.05) is 0 Å². The lowest BCUT2D eigenvalue weighted by atomic mass is 9.95. The molecule has 8 rings (SSSR count). The van der Waals surface area contributed by atoms with E-state index in [-0.39, 0.29) is 5.41 Å². The number of para-hydroxylation sites is 3. The summed E-state index contributed by atoms with van der Waals surface area (Å²) in [5, 5.41) is 4.49. The van der Waals surface area contributed by atoms with Crippen LogP contribution in [-0.4, -0.2) is 19.5 Å². The van der Waals surface area contributed by atoms with Gasteiger partial charge in [0.2, 0.25) is 0 Å². The zero-order valence-electron chi connectivity index (χ0n) is 23.7. The number of hydrogen-bond acceptors (Lipinski definition) is 4. The highest BCUT2D eigenvalue weighted by molar-refractivity contribution is 6.23. The molecule has 0 radical (unpaired) electrons. The maximum Gasteiger partial charge on any atom is 0.165 e. The van der Waals surface area contributed by atoms with Crippen LogP contribution in [0, 0.1) is 0 Å². The van der Waals surface area contributed by atoms with Crippen molar-refractivity contribution < 1.29 is 4.42 Å². The van der Waals surface area contributed by atoms with E-state index in [0.29, 0.717) is 11.6 Å². The zero-order valence-corrected chi connectivity index (χ0v) is 23.7. The number of fused-ring (bicyclic) bond motifs is 7. The summed E-state index contributed by atoms with van der Waals surface area (Å²) in [6.07, 6.45) is 0. The first kappa shape index (κ1) is 24.5. The fraction of sp³-hybridized carbons (Fsp3) is 0.108. The number of benzene rings is 5. The Morgan fingerprint density at radius 2 is 1.26 bits per heavy atom. The lowest BCUT2D eigenvalue weighted by Crippen LogP contribution is -2.18. The fourth-order valence-corrected chi connectivity index (χ4v) is 5.90. The van der Waals surface area contributed by atoms with Gasteiger partial charge in [0.25, 0.3) is 0 Å². The summed E-state index contributed by atoms with van der Waals surface area (Å²) in [6.45, 7) is 6.41. The Balaban J connectivity index is 1.44. The van der Waals surface area contributed by atoms with Crippen molar-refractivity contribution in [3.63, 3.8) is 0 Å². The van der Waals surface area contributed by atoms with Crippen molar-refractivity contribution >= 4 is 43.7 Å². The average Bonchev–Trinajstić information content (AvgIpc) is 3.56. The molecule has 0 saturated heterocycles. The van der Waals surface area contributed by atoms with E-state index in [1.54, 1.807) is 0 Å². The van der Waals surface area contributed by atoms with Gasteiger partial charge in [-0.3, -0.25) is 0 Å². The summed E-state index contributed by atoms with van der Waals surface area (Å²) in [5.41, 5.74) is 6.63. The number of hydrogen-bond donors (Lipinski definition) is 0. The molecule has 0 spiro atoms. The second-order valence-corrected chi connectivity index (χ2v) is 11.7. The molecule has 0 bridgehead atoms. The molecule has 202 valence electrons. The van der Waals surface area contributed by atoms with Gasteiger partial charge in [0.1, 0.15) is 17.0 Å². The molecule has 0 N–H and O–H groups in total. The maximum absolute atomic E-state index is 6.51. The molecule has 42 heavy (non-hydrogen) atoms. The lowest BCUT2D eigenvalue weighted by Gasteiger charge is -2.19. The molecule has 5 aromatic carbocycles. The van der Waals surface area contributed by atoms with E-state index in [0.717, 1.165) is 66.4 Å². The molecule has 0 atom stereocenters. The van der Waals surface area contributed by atoms with Crippen LogP contribution in [0.2, 0.25) is 0 Å². The van der Waals surface area contributed by atoms with Gasteiger partial charge in [0.05, 0.1) is 22.1 Å². The van der Waals surface area contributed by atoms with E-state index in [1.807, 2.05) is 48.5 Å². The van der Waals surface area contributed by atoms with Crippen LogP contribution in [0.1, 0.15) is 26.6 Å². The van der Waals surface area contributed by atoms with Gasteiger partial charge in [-0.05, 0) is 36.4 Å². The Bertz CT molecular complexity index is 2290. The van der Waals surface area contributed by atoms with Crippen LogP contribution in [0.3, 0.4) is 0 Å². The van der Waals surface area contributed by atoms with Crippen molar-refractivity contribution in [3.05, 3.63) is 121 Å². The van der Waals surface area contributed by atoms with Crippen LogP contribution in [0.4, 0.5) is 0 Å². The Morgan fingerprint density at radius 3 is 2.10 bits per heavy atom. The first-order valence-electron chi connectivity index (χ1n) is 14.2. The van der Waals surface area contributed by atoms with Crippen LogP contribution in [0.25, 0.3) is 72.2 Å². The summed E-state index contributed by atoms with van der Waals surface area (Å²) < 4.78 is 8.82. The molecule has 0 amide bonds. The van der Waals surface area contributed by atoms with Crippen LogP contribution in [0.15, 0.2) is 120 Å². The second kappa shape index (κ2) is 9.11. The summed E-state index contributed by atoms with van der Waals surface area (Å²) in [7, 11) is 0. The fourth-order valence-electron chi connectivity index (χ4n) is 5.90. The minimum atomic E-state index is -0.254. The standard InChI is InChI=1S/C37H28N4O/c1-37(2,3)36-39-34(23-13-5-4-6-14-23)38-35(40-36)27-17-8-11-19-29(27)41-28-18-10-7-16-26(28)32-30(41)22-21-25-24-15-9-12-20-31(24)42-33(25)32/h4-22H,1-3H3. The summed E-state index contributed by atoms with van der Waals surface area (Å²) in [4.78, 5) is 15.0. The molecule has 0 aliphatic heterocycles. The van der Waals surface area contributed by atoms with Gasteiger partial charge in [-0.25, -0.2) is 15.0 Å². The van der Waals surface area contributed by atoms with Gasteiger partial charge in [0, 0.05) is 32.7 Å². The van der Waals surface area contributed by atoms with E-state index in [2.05, 4.69) is 92.1 Å². The molecule has 0 unspecified atom stereocenters. The third-order valence-electron chi connectivity index (χ3n) is 7.90. The maximum atomic E-state index is 6.51. The zero-order chi connectivity index (χ0) is 28.4. The molecule has 5 heteroatoms. The van der Waals surface area contributed by atoms with Gasteiger partial charge < -0.3 is 8.98 Å². The summed E-state index contributed by atoms with van der Waals surface area (Å²) >= 11 is 0. The van der Waals surface area contributed by atoms with Crippen molar-refractivity contribution in [1.29, 1.82) is 0 Å². The van der Waals surface area contributed by atoms with Crippen molar-refractivity contribution in [3.8, 4) is 28.5 Å². The molecule has 8 aromatic rings. The highest BCUT2D eigenvalue weighted by Gasteiger charge is 2.24. The molecule has 0 fully saturated rings. The van der Waals surface area contributed by atoms with E-state index >= 15 is 0 Å². The van der Waals surface area contributed by atoms with Crippen molar-refractivity contribution in [2.45, 2.75) is 26.2 Å².